The normalized spacial score (nSPS) is 21.6. The summed E-state index contributed by atoms with van der Waals surface area (Å²) in [6, 6.07) is 6.89. The third-order valence-electron chi connectivity index (χ3n) is 5.20. The van der Waals surface area contributed by atoms with E-state index in [-0.39, 0.29) is 0 Å². The molecule has 3 rings (SSSR count). The van der Waals surface area contributed by atoms with Crippen molar-refractivity contribution in [3.05, 3.63) is 39.9 Å². The summed E-state index contributed by atoms with van der Waals surface area (Å²) in [6.07, 6.45) is 2.48. The van der Waals surface area contributed by atoms with Gasteiger partial charge in [-0.05, 0) is 49.7 Å². The summed E-state index contributed by atoms with van der Waals surface area (Å²) in [5.41, 5.74) is 0.985. The fourth-order valence-electron chi connectivity index (χ4n) is 3.69. The maximum atomic E-state index is 5.39. The van der Waals surface area contributed by atoms with Crippen molar-refractivity contribution in [3.63, 3.8) is 0 Å². The Labute approximate surface area is 166 Å². The van der Waals surface area contributed by atoms with E-state index in [1.54, 1.807) is 7.05 Å². The number of nitrogens with one attached hydrogen (secondary N) is 2. The number of hydrogen-bond acceptors (Lipinski definition) is 5. The average molecular weight is 390 g/mol. The molecule has 1 saturated heterocycles. The predicted molar refractivity (Wildman–Crippen MR) is 111 cm³/mol. The van der Waals surface area contributed by atoms with Gasteiger partial charge in [0.15, 0.2) is 11.7 Å². The summed E-state index contributed by atoms with van der Waals surface area (Å²) in [6.45, 7) is 6.87. The smallest absolute Gasteiger partial charge is 0.191 e. The lowest BCUT2D eigenvalue weighted by Crippen LogP contribution is -2.44. The van der Waals surface area contributed by atoms with Gasteiger partial charge in [0.25, 0.3) is 0 Å². The second-order valence-corrected chi connectivity index (χ2v) is 8.50. The Balaban J connectivity index is 1.54. The van der Waals surface area contributed by atoms with Crippen LogP contribution in [-0.4, -0.2) is 43.2 Å². The molecule has 2 aromatic rings. The Hall–Kier alpha value is -1.86. The van der Waals surface area contributed by atoms with E-state index in [2.05, 4.69) is 64.1 Å². The largest absolute Gasteiger partial charge is 0.359 e. The number of likely N-dealkylation sites (tertiary alicyclic amines) is 1. The lowest BCUT2D eigenvalue weighted by Gasteiger charge is -2.39. The van der Waals surface area contributed by atoms with E-state index in [9.17, 15) is 0 Å². The van der Waals surface area contributed by atoms with Gasteiger partial charge in [0.2, 0.25) is 0 Å². The van der Waals surface area contributed by atoms with Gasteiger partial charge in [0.1, 0.15) is 0 Å². The molecule has 0 aliphatic carbocycles. The number of guanidine groups is 1. The summed E-state index contributed by atoms with van der Waals surface area (Å²) in [5.74, 6) is 2.57. The zero-order valence-electron chi connectivity index (χ0n) is 16.7. The highest BCUT2D eigenvalue weighted by Crippen LogP contribution is 2.36. The van der Waals surface area contributed by atoms with Gasteiger partial charge in [-0.15, -0.1) is 11.3 Å². The van der Waals surface area contributed by atoms with Crippen LogP contribution in [0.4, 0.5) is 0 Å². The number of piperidine rings is 1. The van der Waals surface area contributed by atoms with Crippen LogP contribution in [0.2, 0.25) is 0 Å². The minimum Gasteiger partial charge on any atom is -0.359 e. The predicted octanol–water partition coefficient (Wildman–Crippen LogP) is 3.61. The zero-order chi connectivity index (χ0) is 19.2. The van der Waals surface area contributed by atoms with Gasteiger partial charge < -0.3 is 15.2 Å². The van der Waals surface area contributed by atoms with E-state index in [1.807, 2.05) is 17.4 Å². The molecular weight excluding hydrogens is 358 g/mol. The molecule has 0 saturated carbocycles. The summed E-state index contributed by atoms with van der Waals surface area (Å²) >= 11 is 1.85. The van der Waals surface area contributed by atoms with Crippen molar-refractivity contribution in [2.24, 2.45) is 10.9 Å². The van der Waals surface area contributed by atoms with Gasteiger partial charge in [0, 0.05) is 30.6 Å². The van der Waals surface area contributed by atoms with Crippen LogP contribution in [0.1, 0.15) is 55.0 Å². The van der Waals surface area contributed by atoms with Gasteiger partial charge in [-0.3, -0.25) is 9.89 Å². The molecule has 1 aliphatic rings. The van der Waals surface area contributed by atoms with Crippen LogP contribution < -0.4 is 10.6 Å². The minimum absolute atomic E-state index is 0.373. The fourth-order valence-corrected chi connectivity index (χ4v) is 4.67. The lowest BCUT2D eigenvalue weighted by molar-refractivity contribution is 0.125. The summed E-state index contributed by atoms with van der Waals surface area (Å²) in [5, 5.41) is 13.1. The van der Waals surface area contributed by atoms with Crippen molar-refractivity contribution >= 4 is 17.3 Å². The van der Waals surface area contributed by atoms with Gasteiger partial charge in [-0.25, -0.2) is 0 Å². The molecule has 0 spiro atoms. The van der Waals surface area contributed by atoms with E-state index < -0.39 is 0 Å². The molecule has 1 fully saturated rings. The van der Waals surface area contributed by atoms with Crippen LogP contribution in [-0.2, 0) is 6.54 Å². The molecule has 6 nitrogen and oxygen atoms in total. The van der Waals surface area contributed by atoms with Crippen LogP contribution >= 0.6 is 11.3 Å². The minimum atomic E-state index is 0.373. The van der Waals surface area contributed by atoms with Crippen LogP contribution in [0.3, 0.4) is 0 Å². The van der Waals surface area contributed by atoms with E-state index >= 15 is 0 Å². The van der Waals surface area contributed by atoms with Crippen molar-refractivity contribution in [1.29, 1.82) is 0 Å². The van der Waals surface area contributed by atoms with E-state index in [0.29, 0.717) is 24.4 Å². The Morgan fingerprint density at radius 1 is 1.44 bits per heavy atom. The molecule has 0 amide bonds. The van der Waals surface area contributed by atoms with Crippen LogP contribution in [0.25, 0.3) is 0 Å². The number of thiophene rings is 1. The molecule has 1 aliphatic heterocycles. The molecule has 3 heterocycles. The first-order chi connectivity index (χ1) is 13.1. The molecule has 27 heavy (non-hydrogen) atoms. The molecule has 0 aromatic carbocycles. The van der Waals surface area contributed by atoms with Crippen LogP contribution in [0.5, 0.6) is 0 Å². The number of rotatable bonds is 6. The van der Waals surface area contributed by atoms with Gasteiger partial charge in [-0.1, -0.05) is 25.1 Å². The van der Waals surface area contributed by atoms with E-state index in [0.717, 1.165) is 30.5 Å². The van der Waals surface area contributed by atoms with Crippen LogP contribution in [0.15, 0.2) is 33.1 Å². The van der Waals surface area contributed by atoms with Crippen molar-refractivity contribution in [2.75, 3.05) is 27.2 Å². The molecule has 2 aromatic heterocycles. The highest BCUT2D eigenvalue weighted by Gasteiger charge is 2.31. The van der Waals surface area contributed by atoms with Gasteiger partial charge >= 0.3 is 0 Å². The number of hydrogen-bond donors (Lipinski definition) is 2. The zero-order valence-corrected chi connectivity index (χ0v) is 17.6. The number of nitrogens with zero attached hydrogens (tertiary/aromatic N) is 3. The summed E-state index contributed by atoms with van der Waals surface area (Å²) in [4.78, 5) is 8.30. The molecule has 2 N–H and O–H groups in total. The first kappa shape index (κ1) is 19.9. The molecule has 7 heteroatoms. The maximum Gasteiger partial charge on any atom is 0.191 e. The number of aromatic nitrogens is 1. The molecule has 148 valence electrons. The fraction of sp³-hybridized carbons (Fsp3) is 0.600. The first-order valence-corrected chi connectivity index (χ1v) is 10.6. The molecule has 0 bridgehead atoms. The van der Waals surface area contributed by atoms with Crippen molar-refractivity contribution in [3.8, 4) is 0 Å². The number of aliphatic imine (C=N–C) groups is 1. The quantitative estimate of drug-likeness (QED) is 0.584. The SMILES string of the molecule is CN=C(NCc1cc(C(C)C)no1)NCC1CCCN(C)C1c1cccs1. The third kappa shape index (κ3) is 5.11. The molecule has 2 unspecified atom stereocenters. The second-order valence-electron chi connectivity index (χ2n) is 7.52. The lowest BCUT2D eigenvalue weighted by atomic mass is 9.88. The monoisotopic (exact) mass is 389 g/mol. The third-order valence-corrected chi connectivity index (χ3v) is 6.14. The Morgan fingerprint density at radius 2 is 2.30 bits per heavy atom. The average Bonchev–Trinajstić information content (AvgIpc) is 3.34. The Morgan fingerprint density at radius 3 is 2.96 bits per heavy atom. The standard InChI is InChI=1S/C20H31N5OS/c1-14(2)17-11-16(26-24-17)13-23-20(21-3)22-12-15-7-5-9-25(4)19(15)18-8-6-10-27-18/h6,8,10-11,14-15,19H,5,7,9,12-13H2,1-4H3,(H2,21,22,23). The van der Waals surface area contributed by atoms with Crippen molar-refractivity contribution in [1.82, 2.24) is 20.7 Å². The molecule has 0 radical (unpaired) electrons. The maximum absolute atomic E-state index is 5.39. The van der Waals surface area contributed by atoms with Crippen LogP contribution in [0, 0.1) is 5.92 Å². The highest BCUT2D eigenvalue weighted by molar-refractivity contribution is 7.10. The van der Waals surface area contributed by atoms with Crippen molar-refractivity contribution < 1.29 is 4.52 Å². The van der Waals surface area contributed by atoms with Gasteiger partial charge in [0.05, 0.1) is 12.2 Å². The highest BCUT2D eigenvalue weighted by atomic mass is 32.1. The first-order valence-electron chi connectivity index (χ1n) is 9.72. The second kappa shape index (κ2) is 9.37. The van der Waals surface area contributed by atoms with E-state index in [1.165, 1.54) is 17.7 Å². The molecule has 2 atom stereocenters. The summed E-state index contributed by atoms with van der Waals surface area (Å²) in [7, 11) is 4.04. The van der Waals surface area contributed by atoms with Crippen molar-refractivity contribution in [2.45, 2.75) is 45.2 Å². The molecular formula is C20H31N5OS. The Kier molecular flexibility index (Phi) is 6.90. The van der Waals surface area contributed by atoms with E-state index in [4.69, 9.17) is 4.52 Å². The Bertz CT molecular complexity index is 725. The topological polar surface area (TPSA) is 65.7 Å². The van der Waals surface area contributed by atoms with Gasteiger partial charge in [-0.2, -0.15) is 0 Å². The summed E-state index contributed by atoms with van der Waals surface area (Å²) < 4.78 is 5.39.